The Balaban J connectivity index is 4.67. The van der Waals surface area contributed by atoms with Gasteiger partial charge in [-0.1, -0.05) is 39.8 Å². The summed E-state index contributed by atoms with van der Waals surface area (Å²) in [4.78, 5) is 0. The highest BCUT2D eigenvalue weighted by Gasteiger charge is 2.07. The van der Waals surface area contributed by atoms with Crippen molar-refractivity contribution in [2.24, 2.45) is 11.8 Å². The van der Waals surface area contributed by atoms with Crippen LogP contribution in [0.4, 0.5) is 0 Å². The maximum absolute atomic E-state index is 4.10. The van der Waals surface area contributed by atoms with Crippen LogP contribution in [-0.4, -0.2) is 0 Å². The van der Waals surface area contributed by atoms with Gasteiger partial charge in [0.25, 0.3) is 0 Å². The fourth-order valence-corrected chi connectivity index (χ4v) is 1.12. The summed E-state index contributed by atoms with van der Waals surface area (Å²) in [5.74, 6) is 1.21. The van der Waals surface area contributed by atoms with Crippen molar-refractivity contribution >= 4 is 0 Å². The summed E-state index contributed by atoms with van der Waals surface area (Å²) in [6, 6.07) is 0. The van der Waals surface area contributed by atoms with E-state index in [-0.39, 0.29) is 0 Å². The van der Waals surface area contributed by atoms with Gasteiger partial charge in [0.1, 0.15) is 0 Å². The summed E-state index contributed by atoms with van der Waals surface area (Å²) < 4.78 is 0. The number of hydrogen-bond donors (Lipinski definition) is 0. The van der Waals surface area contributed by atoms with Gasteiger partial charge in [0.05, 0.1) is 0 Å². The van der Waals surface area contributed by atoms with Crippen molar-refractivity contribution in [3.05, 3.63) is 23.3 Å². The van der Waals surface area contributed by atoms with Crippen LogP contribution >= 0.6 is 0 Å². The second kappa shape index (κ2) is 4.49. The van der Waals surface area contributed by atoms with E-state index in [4.69, 9.17) is 0 Å². The molecule has 0 fully saturated rings. The lowest BCUT2D eigenvalue weighted by Gasteiger charge is -2.16. The van der Waals surface area contributed by atoms with Gasteiger partial charge in [0, 0.05) is 0 Å². The van der Waals surface area contributed by atoms with E-state index in [1.54, 1.807) is 0 Å². The average molecular weight is 166 g/mol. The minimum Gasteiger partial charge on any atom is -0.0953 e. The van der Waals surface area contributed by atoms with Gasteiger partial charge in [-0.15, -0.1) is 0 Å². The smallest absolute Gasteiger partial charge is 0.0222 e. The SMILES string of the molecule is C=C(/C(C)=C(\C)C(C)C)C(C)C. The molecule has 0 bridgehead atoms. The van der Waals surface area contributed by atoms with Crippen molar-refractivity contribution < 1.29 is 0 Å². The Bertz CT molecular complexity index is 192. The van der Waals surface area contributed by atoms with Crippen molar-refractivity contribution in [2.45, 2.75) is 41.5 Å². The topological polar surface area (TPSA) is 0 Å². The lowest BCUT2D eigenvalue weighted by atomic mass is 9.90. The molecule has 0 atom stereocenters. The highest BCUT2D eigenvalue weighted by molar-refractivity contribution is 5.32. The summed E-state index contributed by atoms with van der Waals surface area (Å²) in [7, 11) is 0. The molecule has 70 valence electrons. The summed E-state index contributed by atoms with van der Waals surface area (Å²) in [6.07, 6.45) is 0. The Morgan fingerprint density at radius 3 is 1.58 bits per heavy atom. The van der Waals surface area contributed by atoms with Crippen LogP contribution < -0.4 is 0 Å². The van der Waals surface area contributed by atoms with Crippen LogP contribution in [0.1, 0.15) is 41.5 Å². The molecule has 0 aliphatic rings. The predicted molar refractivity (Wildman–Crippen MR) is 57.2 cm³/mol. The molecule has 0 aliphatic heterocycles. The second-order valence-corrected chi connectivity index (χ2v) is 4.14. The van der Waals surface area contributed by atoms with Gasteiger partial charge in [-0.3, -0.25) is 0 Å². The Morgan fingerprint density at radius 2 is 1.33 bits per heavy atom. The molecule has 0 radical (unpaired) electrons. The highest BCUT2D eigenvalue weighted by atomic mass is 14.1. The fourth-order valence-electron chi connectivity index (χ4n) is 1.12. The molecule has 0 amide bonds. The summed E-state index contributed by atoms with van der Waals surface area (Å²) in [5, 5.41) is 0. The van der Waals surface area contributed by atoms with E-state index in [1.807, 2.05) is 0 Å². The zero-order valence-corrected chi connectivity index (χ0v) is 9.36. The standard InChI is InChI=1S/C12H22/c1-8(2)10(5)12(7)11(6)9(3)4/h8-9H,5H2,1-4,6-7H3/b12-11+. The van der Waals surface area contributed by atoms with Crippen LogP contribution in [0.3, 0.4) is 0 Å². The third-order valence-corrected chi connectivity index (χ3v) is 2.64. The van der Waals surface area contributed by atoms with Crippen LogP contribution in [0, 0.1) is 11.8 Å². The van der Waals surface area contributed by atoms with Crippen LogP contribution in [0.15, 0.2) is 23.3 Å². The highest BCUT2D eigenvalue weighted by Crippen LogP contribution is 2.23. The summed E-state index contributed by atoms with van der Waals surface area (Å²) in [5.41, 5.74) is 4.13. The third-order valence-electron chi connectivity index (χ3n) is 2.64. The molecule has 0 spiro atoms. The van der Waals surface area contributed by atoms with Gasteiger partial charge >= 0.3 is 0 Å². The van der Waals surface area contributed by atoms with Crippen molar-refractivity contribution in [3.8, 4) is 0 Å². The first-order valence-corrected chi connectivity index (χ1v) is 4.74. The molecular formula is C12H22. The van der Waals surface area contributed by atoms with Gasteiger partial charge in [0.15, 0.2) is 0 Å². The van der Waals surface area contributed by atoms with Gasteiger partial charge < -0.3 is 0 Å². The first kappa shape index (κ1) is 11.5. The fraction of sp³-hybridized carbons (Fsp3) is 0.667. The van der Waals surface area contributed by atoms with Crippen LogP contribution in [-0.2, 0) is 0 Å². The number of allylic oxidation sites excluding steroid dienone is 3. The molecule has 0 aromatic heterocycles. The maximum atomic E-state index is 4.10. The van der Waals surface area contributed by atoms with E-state index < -0.39 is 0 Å². The molecule has 0 nitrogen and oxygen atoms in total. The van der Waals surface area contributed by atoms with E-state index in [0.29, 0.717) is 11.8 Å². The molecule has 0 aliphatic carbocycles. The second-order valence-electron chi connectivity index (χ2n) is 4.14. The zero-order chi connectivity index (χ0) is 9.89. The molecule has 0 aromatic carbocycles. The summed E-state index contributed by atoms with van der Waals surface area (Å²) >= 11 is 0. The van der Waals surface area contributed by atoms with Crippen LogP contribution in [0.25, 0.3) is 0 Å². The van der Waals surface area contributed by atoms with Crippen molar-refractivity contribution in [1.29, 1.82) is 0 Å². The molecule has 0 N–H and O–H groups in total. The van der Waals surface area contributed by atoms with Crippen molar-refractivity contribution in [2.75, 3.05) is 0 Å². The molecule has 0 saturated heterocycles. The van der Waals surface area contributed by atoms with E-state index in [9.17, 15) is 0 Å². The molecule has 0 aromatic rings. The predicted octanol–water partition coefficient (Wildman–Crippen LogP) is 4.19. The Labute approximate surface area is 77.4 Å². The largest absolute Gasteiger partial charge is 0.0953 e. The molecule has 0 saturated carbocycles. The van der Waals surface area contributed by atoms with Gasteiger partial charge in [-0.2, -0.15) is 0 Å². The van der Waals surface area contributed by atoms with E-state index in [2.05, 4.69) is 48.1 Å². The minimum absolute atomic E-state index is 0.568. The van der Waals surface area contributed by atoms with Crippen LogP contribution in [0.2, 0.25) is 0 Å². The zero-order valence-electron chi connectivity index (χ0n) is 9.36. The lowest BCUT2D eigenvalue weighted by Crippen LogP contribution is -2.00. The monoisotopic (exact) mass is 166 g/mol. The molecule has 0 rings (SSSR count). The van der Waals surface area contributed by atoms with Crippen molar-refractivity contribution in [1.82, 2.24) is 0 Å². The van der Waals surface area contributed by atoms with E-state index in [1.165, 1.54) is 16.7 Å². The van der Waals surface area contributed by atoms with Gasteiger partial charge in [-0.25, -0.2) is 0 Å². The van der Waals surface area contributed by atoms with Gasteiger partial charge in [0.2, 0.25) is 0 Å². The lowest BCUT2D eigenvalue weighted by molar-refractivity contribution is 0.732. The van der Waals surface area contributed by atoms with E-state index >= 15 is 0 Å². The molecule has 0 unspecified atom stereocenters. The number of rotatable bonds is 3. The molecular weight excluding hydrogens is 144 g/mol. The Hall–Kier alpha value is -0.520. The van der Waals surface area contributed by atoms with Crippen LogP contribution in [0.5, 0.6) is 0 Å². The molecule has 0 heterocycles. The third kappa shape index (κ3) is 2.84. The number of hydrogen-bond acceptors (Lipinski definition) is 0. The first-order valence-electron chi connectivity index (χ1n) is 4.74. The van der Waals surface area contributed by atoms with Gasteiger partial charge in [-0.05, 0) is 36.8 Å². The average Bonchev–Trinajstić information content (AvgIpc) is 2.00. The normalized spacial score (nSPS) is 13.7. The minimum atomic E-state index is 0.568. The van der Waals surface area contributed by atoms with E-state index in [0.717, 1.165) is 0 Å². The maximum Gasteiger partial charge on any atom is -0.0222 e. The molecule has 12 heavy (non-hydrogen) atoms. The molecule has 0 heteroatoms. The Morgan fingerprint density at radius 1 is 0.917 bits per heavy atom. The quantitative estimate of drug-likeness (QED) is 0.551. The first-order chi connectivity index (χ1) is 5.37. The summed E-state index contributed by atoms with van der Waals surface area (Å²) in [6.45, 7) is 17.3. The Kier molecular flexibility index (Phi) is 4.30. The van der Waals surface area contributed by atoms with Crippen molar-refractivity contribution in [3.63, 3.8) is 0 Å².